The van der Waals surface area contributed by atoms with Gasteiger partial charge >= 0.3 is 5.97 Å². The first-order valence-electron chi connectivity index (χ1n) is 5.66. The summed E-state index contributed by atoms with van der Waals surface area (Å²) in [5, 5.41) is 20.5. The minimum atomic E-state index is -1.54. The van der Waals surface area contributed by atoms with Gasteiger partial charge in [-0.2, -0.15) is 0 Å². The van der Waals surface area contributed by atoms with Crippen LogP contribution in [0.15, 0.2) is 16.9 Å². The van der Waals surface area contributed by atoms with Crippen LogP contribution in [0.1, 0.15) is 40.5 Å². The smallest absolute Gasteiger partial charge is 0.307 e. The summed E-state index contributed by atoms with van der Waals surface area (Å²) in [5.41, 5.74) is -0.791. The molecule has 0 aliphatic heterocycles. The maximum Gasteiger partial charge on any atom is 0.307 e. The summed E-state index contributed by atoms with van der Waals surface area (Å²) in [7, 11) is 0. The van der Waals surface area contributed by atoms with E-state index in [0.29, 0.717) is 6.42 Å². The normalized spacial score (nSPS) is 13.4. The SMILES string of the molecule is CC/C(C)=N\C(=C/CC(=O)O)NC(=O)C(C)(C)O. The number of amides is 1. The van der Waals surface area contributed by atoms with Crippen molar-refractivity contribution in [3.63, 3.8) is 0 Å². The zero-order valence-corrected chi connectivity index (χ0v) is 11.1. The fourth-order valence-corrected chi connectivity index (χ4v) is 0.863. The van der Waals surface area contributed by atoms with Crippen molar-refractivity contribution >= 4 is 17.6 Å². The lowest BCUT2D eigenvalue weighted by Crippen LogP contribution is -2.41. The molecule has 6 nitrogen and oxygen atoms in total. The highest BCUT2D eigenvalue weighted by atomic mass is 16.4. The predicted octanol–water partition coefficient (Wildman–Crippen LogP) is 1.06. The summed E-state index contributed by atoms with van der Waals surface area (Å²) in [6, 6.07) is 0. The number of carbonyl (C=O) groups is 2. The number of aliphatic carboxylic acids is 1. The lowest BCUT2D eigenvalue weighted by molar-refractivity contribution is -0.136. The Hall–Kier alpha value is -1.69. The van der Waals surface area contributed by atoms with E-state index in [-0.39, 0.29) is 12.2 Å². The summed E-state index contributed by atoms with van der Waals surface area (Å²) in [5.74, 6) is -1.51. The van der Waals surface area contributed by atoms with Gasteiger partial charge in [-0.1, -0.05) is 6.92 Å². The molecule has 0 aromatic heterocycles. The van der Waals surface area contributed by atoms with E-state index in [2.05, 4.69) is 10.3 Å². The lowest BCUT2D eigenvalue weighted by Gasteiger charge is -2.17. The van der Waals surface area contributed by atoms with E-state index in [1.165, 1.54) is 19.9 Å². The molecule has 0 saturated carbocycles. The van der Waals surface area contributed by atoms with Crippen LogP contribution in [0.25, 0.3) is 0 Å². The number of hydrogen-bond acceptors (Lipinski definition) is 4. The summed E-state index contributed by atoms with van der Waals surface area (Å²) in [6.07, 6.45) is 1.73. The molecule has 0 aliphatic carbocycles. The van der Waals surface area contributed by atoms with Crippen molar-refractivity contribution in [2.24, 2.45) is 4.99 Å². The number of carboxylic acids is 1. The van der Waals surface area contributed by atoms with Gasteiger partial charge < -0.3 is 15.5 Å². The Kier molecular flexibility index (Phi) is 6.26. The molecule has 0 spiro atoms. The number of carbonyl (C=O) groups excluding carboxylic acids is 1. The van der Waals surface area contributed by atoms with E-state index in [9.17, 15) is 14.7 Å². The van der Waals surface area contributed by atoms with Gasteiger partial charge in [-0.25, -0.2) is 4.99 Å². The van der Waals surface area contributed by atoms with E-state index < -0.39 is 17.5 Å². The van der Waals surface area contributed by atoms with Gasteiger partial charge in [0.15, 0.2) is 0 Å². The van der Waals surface area contributed by atoms with Crippen molar-refractivity contribution in [2.45, 2.75) is 46.1 Å². The standard InChI is InChI=1S/C12H20N2O4/c1-5-8(2)13-9(6-7-10(15)16)14-11(17)12(3,4)18/h6,18H,5,7H2,1-4H3,(H,14,17)(H,15,16)/b9-6+,13-8-. The van der Waals surface area contributed by atoms with Gasteiger partial charge in [0.05, 0.1) is 6.42 Å². The maximum atomic E-state index is 11.6. The number of aliphatic hydroxyl groups is 1. The van der Waals surface area contributed by atoms with Crippen molar-refractivity contribution in [1.29, 1.82) is 0 Å². The summed E-state index contributed by atoms with van der Waals surface area (Å²) in [6.45, 7) is 6.34. The molecule has 0 aromatic carbocycles. The lowest BCUT2D eigenvalue weighted by atomic mass is 10.1. The van der Waals surface area contributed by atoms with Crippen LogP contribution >= 0.6 is 0 Å². The van der Waals surface area contributed by atoms with Crippen molar-refractivity contribution < 1.29 is 19.8 Å². The van der Waals surface area contributed by atoms with Gasteiger partial charge in [-0.15, -0.1) is 0 Å². The summed E-state index contributed by atoms with van der Waals surface area (Å²) >= 11 is 0. The molecule has 0 aromatic rings. The van der Waals surface area contributed by atoms with Gasteiger partial charge in [-0.3, -0.25) is 9.59 Å². The first-order chi connectivity index (χ1) is 8.16. The average Bonchev–Trinajstić information content (AvgIpc) is 2.24. The van der Waals surface area contributed by atoms with Crippen LogP contribution in [0.5, 0.6) is 0 Å². The number of hydrogen-bond donors (Lipinski definition) is 3. The van der Waals surface area contributed by atoms with Crippen LogP contribution in [0.2, 0.25) is 0 Å². The molecule has 0 heterocycles. The third-order valence-electron chi connectivity index (χ3n) is 2.09. The largest absolute Gasteiger partial charge is 0.481 e. The molecule has 0 unspecified atom stereocenters. The molecule has 0 fully saturated rings. The number of carboxylic acid groups (broad SMARTS) is 1. The topological polar surface area (TPSA) is 99.0 Å². The first kappa shape index (κ1) is 16.3. The molecule has 1 amide bonds. The third kappa shape index (κ3) is 6.80. The van der Waals surface area contributed by atoms with Gasteiger partial charge in [-0.05, 0) is 33.3 Å². The van der Waals surface area contributed by atoms with Crippen molar-refractivity contribution in [2.75, 3.05) is 0 Å². The predicted molar refractivity (Wildman–Crippen MR) is 68.2 cm³/mol. The van der Waals surface area contributed by atoms with Crippen LogP contribution in [-0.4, -0.2) is 33.4 Å². The Morgan fingerprint density at radius 3 is 2.33 bits per heavy atom. The van der Waals surface area contributed by atoms with Crippen LogP contribution in [0.4, 0.5) is 0 Å². The molecular formula is C12H20N2O4. The van der Waals surface area contributed by atoms with Gasteiger partial charge in [0.2, 0.25) is 0 Å². The van der Waals surface area contributed by atoms with Crippen LogP contribution in [-0.2, 0) is 9.59 Å². The Bertz CT molecular complexity index is 378. The molecular weight excluding hydrogens is 236 g/mol. The van der Waals surface area contributed by atoms with Gasteiger partial charge in [0.1, 0.15) is 11.4 Å². The molecule has 0 saturated heterocycles. The minimum Gasteiger partial charge on any atom is -0.481 e. The fraction of sp³-hybridized carbons (Fsp3) is 0.583. The minimum absolute atomic E-state index is 0.142. The van der Waals surface area contributed by atoms with Crippen LogP contribution < -0.4 is 5.32 Å². The highest BCUT2D eigenvalue weighted by Crippen LogP contribution is 2.05. The van der Waals surface area contributed by atoms with E-state index in [0.717, 1.165) is 5.71 Å². The highest BCUT2D eigenvalue weighted by Gasteiger charge is 2.24. The number of aliphatic imine (C=N–C) groups is 1. The second-order valence-electron chi connectivity index (χ2n) is 4.40. The monoisotopic (exact) mass is 256 g/mol. The zero-order chi connectivity index (χ0) is 14.3. The molecule has 3 N–H and O–H groups in total. The Morgan fingerprint density at radius 2 is 1.94 bits per heavy atom. The molecule has 0 atom stereocenters. The van der Waals surface area contributed by atoms with Crippen LogP contribution in [0.3, 0.4) is 0 Å². The quantitative estimate of drug-likeness (QED) is 0.619. The van der Waals surface area contributed by atoms with E-state index in [1.807, 2.05) is 6.92 Å². The van der Waals surface area contributed by atoms with Crippen LogP contribution in [0, 0.1) is 0 Å². The fourth-order valence-electron chi connectivity index (χ4n) is 0.863. The van der Waals surface area contributed by atoms with Crippen molar-refractivity contribution in [3.8, 4) is 0 Å². The van der Waals surface area contributed by atoms with Gasteiger partial charge in [0, 0.05) is 5.71 Å². The second-order valence-corrected chi connectivity index (χ2v) is 4.40. The molecule has 6 heteroatoms. The Labute approximate surface area is 106 Å². The molecule has 0 rings (SSSR count). The van der Waals surface area contributed by atoms with Crippen molar-refractivity contribution in [1.82, 2.24) is 5.32 Å². The Morgan fingerprint density at radius 1 is 1.39 bits per heavy atom. The molecule has 18 heavy (non-hydrogen) atoms. The van der Waals surface area contributed by atoms with E-state index in [4.69, 9.17) is 5.11 Å². The average molecular weight is 256 g/mol. The Balaban J connectivity index is 4.95. The summed E-state index contributed by atoms with van der Waals surface area (Å²) in [4.78, 5) is 26.1. The third-order valence-corrected chi connectivity index (χ3v) is 2.09. The molecule has 0 radical (unpaired) electrons. The van der Waals surface area contributed by atoms with E-state index >= 15 is 0 Å². The summed E-state index contributed by atoms with van der Waals surface area (Å²) < 4.78 is 0. The number of nitrogens with zero attached hydrogens (tertiary/aromatic N) is 1. The number of nitrogens with one attached hydrogen (secondary N) is 1. The molecule has 0 bridgehead atoms. The molecule has 102 valence electrons. The number of rotatable bonds is 6. The second kappa shape index (κ2) is 6.90. The molecule has 0 aliphatic rings. The van der Waals surface area contributed by atoms with E-state index in [1.54, 1.807) is 6.92 Å². The maximum absolute atomic E-state index is 11.6. The zero-order valence-electron chi connectivity index (χ0n) is 11.1. The van der Waals surface area contributed by atoms with Gasteiger partial charge in [0.25, 0.3) is 5.91 Å². The first-order valence-corrected chi connectivity index (χ1v) is 5.66. The van der Waals surface area contributed by atoms with Crippen molar-refractivity contribution in [3.05, 3.63) is 11.9 Å². The highest BCUT2D eigenvalue weighted by molar-refractivity contribution is 5.87.